The molecule has 27 heavy (non-hydrogen) atoms. The molecule has 4 rings (SSSR count). The molecule has 0 spiro atoms. The van der Waals surface area contributed by atoms with Gasteiger partial charge < -0.3 is 10.6 Å². The molecule has 0 aromatic heterocycles. The molecule has 0 radical (unpaired) electrons. The molecule has 7 atom stereocenters. The molecule has 154 valence electrons. The Morgan fingerprint density at radius 1 is 1.04 bits per heavy atom. The predicted molar refractivity (Wildman–Crippen MR) is 103 cm³/mol. The summed E-state index contributed by atoms with van der Waals surface area (Å²) in [4.78, 5) is 18.5. The van der Waals surface area contributed by atoms with E-state index in [0.717, 1.165) is 44.2 Å². The molecule has 2 heterocycles. The van der Waals surface area contributed by atoms with Gasteiger partial charge in [-0.25, -0.2) is 4.39 Å². The molecule has 0 bridgehead atoms. The van der Waals surface area contributed by atoms with Gasteiger partial charge in [0.15, 0.2) is 6.10 Å². The van der Waals surface area contributed by atoms with E-state index in [9.17, 15) is 9.18 Å². The normalized spacial score (nSPS) is 43.7. The number of piperidine rings is 1. The Labute approximate surface area is 162 Å². The van der Waals surface area contributed by atoms with Crippen molar-refractivity contribution in [3.63, 3.8) is 0 Å². The highest BCUT2D eigenvalue weighted by Crippen LogP contribution is 2.38. The van der Waals surface area contributed by atoms with Crippen molar-refractivity contribution in [2.75, 3.05) is 13.1 Å². The summed E-state index contributed by atoms with van der Waals surface area (Å²) in [5.41, 5.74) is 3.02. The lowest BCUT2D eigenvalue weighted by atomic mass is 9.73. The number of carbonyl (C=O) groups is 1. The fourth-order valence-electron chi connectivity index (χ4n) is 5.97. The van der Waals surface area contributed by atoms with Gasteiger partial charge in [-0.05, 0) is 75.8 Å². The van der Waals surface area contributed by atoms with Gasteiger partial charge in [0.2, 0.25) is 0 Å². The Hall–Kier alpha value is -0.720. The van der Waals surface area contributed by atoms with E-state index in [4.69, 9.17) is 4.84 Å². The standard InChI is InChI=1S/C21H36FN3O2/c1-13-5-6-18(22)17-12-19(27-25-20(13)17)21(26)24-16-4-2-3-15(11-16)14-7-9-23-10-8-14/h13-20,23,25H,2-12H2,1H3,(H,24,26). The first kappa shape index (κ1) is 19.6. The maximum atomic E-state index is 14.4. The average molecular weight is 382 g/mol. The van der Waals surface area contributed by atoms with Gasteiger partial charge in [0, 0.05) is 18.0 Å². The molecule has 4 aliphatic rings. The topological polar surface area (TPSA) is 62.4 Å². The third kappa shape index (κ3) is 4.48. The largest absolute Gasteiger partial charge is 0.351 e. The minimum absolute atomic E-state index is 0.0387. The van der Waals surface area contributed by atoms with Crippen LogP contribution in [0.15, 0.2) is 0 Å². The fourth-order valence-corrected chi connectivity index (χ4v) is 5.97. The Balaban J connectivity index is 1.29. The molecule has 7 unspecified atom stereocenters. The van der Waals surface area contributed by atoms with Crippen molar-refractivity contribution >= 4 is 5.91 Å². The Bertz CT molecular complexity index is 514. The molecule has 6 heteroatoms. The van der Waals surface area contributed by atoms with Crippen LogP contribution < -0.4 is 16.1 Å². The van der Waals surface area contributed by atoms with Crippen molar-refractivity contribution in [1.82, 2.24) is 16.1 Å². The second kappa shape index (κ2) is 8.75. The second-order valence-corrected chi connectivity index (χ2v) is 9.44. The smallest absolute Gasteiger partial charge is 0.251 e. The summed E-state index contributed by atoms with van der Waals surface area (Å²) in [5.74, 6) is 1.77. The van der Waals surface area contributed by atoms with Crippen molar-refractivity contribution in [2.45, 2.75) is 89.1 Å². The third-order valence-corrected chi connectivity index (χ3v) is 7.67. The average Bonchev–Trinajstić information content (AvgIpc) is 2.71. The van der Waals surface area contributed by atoms with Gasteiger partial charge in [0.1, 0.15) is 6.17 Å². The van der Waals surface area contributed by atoms with Crippen LogP contribution >= 0.6 is 0 Å². The van der Waals surface area contributed by atoms with E-state index in [1.54, 1.807) is 0 Å². The molecule has 1 amide bonds. The zero-order chi connectivity index (χ0) is 18.8. The summed E-state index contributed by atoms with van der Waals surface area (Å²) in [6, 6.07) is 0.288. The number of rotatable bonds is 3. The molecule has 4 fully saturated rings. The SMILES string of the molecule is CC1CCC(F)C2CC(C(=O)NC3CCCC(C4CCNCC4)C3)ONC12. The molecule has 5 nitrogen and oxygen atoms in total. The molecule has 2 aliphatic carbocycles. The first-order valence-corrected chi connectivity index (χ1v) is 11.2. The van der Waals surface area contributed by atoms with Crippen LogP contribution in [0.4, 0.5) is 4.39 Å². The lowest BCUT2D eigenvalue weighted by Gasteiger charge is -2.44. The zero-order valence-electron chi connectivity index (χ0n) is 16.6. The van der Waals surface area contributed by atoms with Crippen LogP contribution in [-0.4, -0.2) is 43.4 Å². The molecule has 2 aliphatic heterocycles. The zero-order valence-corrected chi connectivity index (χ0v) is 16.6. The molecule has 3 N–H and O–H groups in total. The van der Waals surface area contributed by atoms with Gasteiger partial charge in [-0.2, -0.15) is 5.48 Å². The van der Waals surface area contributed by atoms with Crippen molar-refractivity contribution in [3.8, 4) is 0 Å². The maximum absolute atomic E-state index is 14.4. The van der Waals surface area contributed by atoms with E-state index in [1.807, 2.05) is 0 Å². The van der Waals surface area contributed by atoms with Crippen molar-refractivity contribution in [2.24, 2.45) is 23.7 Å². The molecule has 0 aromatic carbocycles. The first-order chi connectivity index (χ1) is 13.1. The number of halogens is 1. The van der Waals surface area contributed by atoms with Gasteiger partial charge in [-0.3, -0.25) is 9.63 Å². The van der Waals surface area contributed by atoms with Crippen LogP contribution in [0.3, 0.4) is 0 Å². The summed E-state index contributed by atoms with van der Waals surface area (Å²) in [5, 5.41) is 6.68. The van der Waals surface area contributed by atoms with E-state index < -0.39 is 12.3 Å². The number of amides is 1. The van der Waals surface area contributed by atoms with Crippen LogP contribution in [0, 0.1) is 23.7 Å². The second-order valence-electron chi connectivity index (χ2n) is 9.44. The predicted octanol–water partition coefficient (Wildman–Crippen LogP) is 2.71. The Morgan fingerprint density at radius 2 is 1.85 bits per heavy atom. The molecule has 0 aromatic rings. The van der Waals surface area contributed by atoms with E-state index >= 15 is 0 Å². The minimum atomic E-state index is -0.822. The van der Waals surface area contributed by atoms with Gasteiger partial charge in [0.25, 0.3) is 5.91 Å². The molecular weight excluding hydrogens is 345 g/mol. The number of nitrogens with one attached hydrogen (secondary N) is 3. The summed E-state index contributed by atoms with van der Waals surface area (Å²) in [6.07, 6.45) is 7.77. The van der Waals surface area contributed by atoms with Crippen molar-refractivity contribution in [3.05, 3.63) is 0 Å². The number of alkyl halides is 1. The van der Waals surface area contributed by atoms with Crippen molar-refractivity contribution in [1.29, 1.82) is 0 Å². The number of carbonyl (C=O) groups excluding carboxylic acids is 1. The van der Waals surface area contributed by atoms with E-state index in [2.05, 4.69) is 23.0 Å². The monoisotopic (exact) mass is 381 g/mol. The molecule has 2 saturated carbocycles. The van der Waals surface area contributed by atoms with Crippen LogP contribution in [0.1, 0.15) is 64.7 Å². The van der Waals surface area contributed by atoms with Crippen molar-refractivity contribution < 1.29 is 14.0 Å². The van der Waals surface area contributed by atoms with Gasteiger partial charge in [-0.15, -0.1) is 0 Å². The Morgan fingerprint density at radius 3 is 2.67 bits per heavy atom. The molecular formula is C21H36FN3O2. The minimum Gasteiger partial charge on any atom is -0.351 e. The molecule has 2 saturated heterocycles. The van der Waals surface area contributed by atoms with Gasteiger partial charge in [-0.1, -0.05) is 19.8 Å². The van der Waals surface area contributed by atoms with E-state index in [1.165, 1.54) is 25.7 Å². The number of hydrogen-bond donors (Lipinski definition) is 3. The summed E-state index contributed by atoms with van der Waals surface area (Å²) >= 11 is 0. The van der Waals surface area contributed by atoms with Crippen LogP contribution in [0.5, 0.6) is 0 Å². The quantitative estimate of drug-likeness (QED) is 0.703. The summed E-state index contributed by atoms with van der Waals surface area (Å²) < 4.78 is 14.4. The highest BCUT2D eigenvalue weighted by Gasteiger charge is 2.44. The first-order valence-electron chi connectivity index (χ1n) is 11.2. The van der Waals surface area contributed by atoms with Gasteiger partial charge >= 0.3 is 0 Å². The Kier molecular flexibility index (Phi) is 6.35. The third-order valence-electron chi connectivity index (χ3n) is 7.67. The fraction of sp³-hybridized carbons (Fsp3) is 0.952. The van der Waals surface area contributed by atoms with Crippen LogP contribution in [-0.2, 0) is 9.63 Å². The van der Waals surface area contributed by atoms with Crippen LogP contribution in [0.25, 0.3) is 0 Å². The number of hydroxylamine groups is 1. The van der Waals surface area contributed by atoms with Gasteiger partial charge in [0.05, 0.1) is 0 Å². The lowest BCUT2D eigenvalue weighted by molar-refractivity contribution is -0.164. The highest BCUT2D eigenvalue weighted by atomic mass is 19.1. The number of fused-ring (bicyclic) bond motifs is 1. The lowest BCUT2D eigenvalue weighted by Crippen LogP contribution is -2.58. The maximum Gasteiger partial charge on any atom is 0.251 e. The number of hydrogen-bond acceptors (Lipinski definition) is 4. The van der Waals surface area contributed by atoms with Crippen LogP contribution in [0.2, 0.25) is 0 Å². The van der Waals surface area contributed by atoms with E-state index in [0.29, 0.717) is 18.8 Å². The highest BCUT2D eigenvalue weighted by molar-refractivity contribution is 5.81. The summed E-state index contributed by atoms with van der Waals surface area (Å²) in [7, 11) is 0. The van der Waals surface area contributed by atoms with E-state index in [-0.39, 0.29) is 23.9 Å². The summed E-state index contributed by atoms with van der Waals surface area (Å²) in [6.45, 7) is 4.40.